The van der Waals surface area contributed by atoms with E-state index in [1.54, 1.807) is 32.9 Å². The molecule has 0 fully saturated rings. The molecule has 2 atom stereocenters. The van der Waals surface area contributed by atoms with Gasteiger partial charge in [-0.2, -0.15) is 0 Å². The van der Waals surface area contributed by atoms with Crippen LogP contribution in [0.1, 0.15) is 70.4 Å². The predicted molar refractivity (Wildman–Crippen MR) is 107 cm³/mol. The molecule has 1 N–H and O–H groups in total. The summed E-state index contributed by atoms with van der Waals surface area (Å²) in [5.74, 6) is 1.56. The summed E-state index contributed by atoms with van der Waals surface area (Å²) < 4.78 is 10.4. The maximum Gasteiger partial charge on any atom is 0.514 e. The number of ether oxygens (including phenoxy) is 2. The molecule has 4 heteroatoms. The lowest BCUT2D eigenvalue weighted by atomic mass is 9.84. The molecule has 27 heavy (non-hydrogen) atoms. The van der Waals surface area contributed by atoms with Crippen LogP contribution in [0.25, 0.3) is 0 Å². The van der Waals surface area contributed by atoms with Crippen molar-refractivity contribution in [1.82, 2.24) is 0 Å². The molecule has 0 bridgehead atoms. The third-order valence-corrected chi connectivity index (χ3v) is 4.54. The number of carbonyl (C=O) groups excluding carboxylic acids is 1. The number of phenolic OH excluding ortho intramolecular Hbond substituents is 1. The fraction of sp³-hybridized carbons (Fsp3) is 0.435. The number of phenols is 1. The maximum absolute atomic E-state index is 11.8. The molecule has 146 valence electrons. The van der Waals surface area contributed by atoms with Crippen LogP contribution < -0.4 is 4.74 Å². The van der Waals surface area contributed by atoms with Gasteiger partial charge in [0.15, 0.2) is 0 Å². The van der Waals surface area contributed by atoms with Crippen molar-refractivity contribution < 1.29 is 19.4 Å². The number of carbonyl (C=O) groups is 1. The molecule has 0 aliphatic rings. The van der Waals surface area contributed by atoms with Gasteiger partial charge in [0.2, 0.25) is 0 Å². The van der Waals surface area contributed by atoms with Gasteiger partial charge in [-0.3, -0.25) is 0 Å². The number of hydrogen-bond donors (Lipinski definition) is 1. The molecule has 0 aromatic heterocycles. The van der Waals surface area contributed by atoms with Crippen molar-refractivity contribution in [2.75, 3.05) is 0 Å². The van der Waals surface area contributed by atoms with E-state index in [0.29, 0.717) is 23.3 Å². The topological polar surface area (TPSA) is 55.8 Å². The first-order valence-electron chi connectivity index (χ1n) is 9.47. The molecule has 0 radical (unpaired) electrons. The van der Waals surface area contributed by atoms with Gasteiger partial charge in [-0.25, -0.2) is 4.79 Å². The smallest absolute Gasteiger partial charge is 0.508 e. The van der Waals surface area contributed by atoms with Crippen LogP contribution in [0.15, 0.2) is 48.5 Å². The van der Waals surface area contributed by atoms with Gasteiger partial charge in [-0.1, -0.05) is 38.1 Å². The molecule has 0 amide bonds. The summed E-state index contributed by atoms with van der Waals surface area (Å²) in [6, 6.07) is 15.1. The van der Waals surface area contributed by atoms with Crippen molar-refractivity contribution in [2.45, 2.75) is 64.9 Å². The fourth-order valence-corrected chi connectivity index (χ4v) is 3.08. The molecule has 0 spiro atoms. The summed E-state index contributed by atoms with van der Waals surface area (Å²) in [5, 5.41) is 9.45. The van der Waals surface area contributed by atoms with Gasteiger partial charge in [0, 0.05) is 0 Å². The highest BCUT2D eigenvalue weighted by atomic mass is 16.7. The third-order valence-electron chi connectivity index (χ3n) is 4.54. The minimum atomic E-state index is -0.691. The van der Waals surface area contributed by atoms with Crippen molar-refractivity contribution in [2.24, 2.45) is 0 Å². The highest BCUT2D eigenvalue weighted by Gasteiger charge is 2.19. The number of aromatic hydroxyl groups is 1. The fourth-order valence-electron chi connectivity index (χ4n) is 3.08. The average molecular weight is 370 g/mol. The van der Waals surface area contributed by atoms with Crippen molar-refractivity contribution in [3.8, 4) is 11.5 Å². The zero-order chi connectivity index (χ0) is 20.0. The molecule has 2 aromatic rings. The van der Waals surface area contributed by atoms with E-state index >= 15 is 0 Å². The van der Waals surface area contributed by atoms with Gasteiger partial charge in [-0.05, 0) is 80.8 Å². The Hall–Kier alpha value is -2.49. The standard InChI is InChI=1S/C23H30O4/c1-6-17(15-16(2)18-7-11-20(24)12-8-18)19-9-13-21(14-10-19)26-22(25)27-23(3,4)5/h7-14,16-17,24H,6,15H2,1-5H3. The lowest BCUT2D eigenvalue weighted by Gasteiger charge is -2.21. The molecule has 0 saturated carbocycles. The Morgan fingerprint density at radius 2 is 1.56 bits per heavy atom. The Morgan fingerprint density at radius 3 is 2.07 bits per heavy atom. The molecule has 0 aliphatic carbocycles. The number of hydrogen-bond acceptors (Lipinski definition) is 4. The summed E-state index contributed by atoms with van der Waals surface area (Å²) >= 11 is 0. The zero-order valence-corrected chi connectivity index (χ0v) is 16.9. The van der Waals surface area contributed by atoms with E-state index in [4.69, 9.17) is 9.47 Å². The van der Waals surface area contributed by atoms with Crippen LogP contribution in [0.3, 0.4) is 0 Å². The number of rotatable bonds is 6. The first-order valence-corrected chi connectivity index (χ1v) is 9.47. The minimum absolute atomic E-state index is 0.290. The molecule has 0 saturated heterocycles. The average Bonchev–Trinajstić information content (AvgIpc) is 2.59. The second kappa shape index (κ2) is 8.94. The Bertz CT molecular complexity index is 726. The van der Waals surface area contributed by atoms with Gasteiger partial charge in [0.1, 0.15) is 17.1 Å². The molecule has 2 aromatic carbocycles. The largest absolute Gasteiger partial charge is 0.514 e. The first kappa shape index (κ1) is 20.8. The highest BCUT2D eigenvalue weighted by Crippen LogP contribution is 2.33. The molecular formula is C23H30O4. The van der Waals surface area contributed by atoms with Crippen LogP contribution in [-0.4, -0.2) is 16.9 Å². The zero-order valence-electron chi connectivity index (χ0n) is 16.9. The van der Waals surface area contributed by atoms with Crippen LogP contribution in [0, 0.1) is 0 Å². The summed E-state index contributed by atoms with van der Waals surface area (Å²) in [4.78, 5) is 11.8. The third kappa shape index (κ3) is 6.63. The van der Waals surface area contributed by atoms with Crippen LogP contribution in [0.4, 0.5) is 4.79 Å². The molecule has 0 aliphatic heterocycles. The van der Waals surface area contributed by atoms with E-state index in [-0.39, 0.29) is 0 Å². The molecule has 2 rings (SSSR count). The SMILES string of the molecule is CCC(CC(C)c1ccc(O)cc1)c1ccc(OC(=O)OC(C)(C)C)cc1. The van der Waals surface area contributed by atoms with Gasteiger partial charge < -0.3 is 14.6 Å². The lowest BCUT2D eigenvalue weighted by Crippen LogP contribution is -2.25. The Morgan fingerprint density at radius 1 is 1.00 bits per heavy atom. The second-order valence-electron chi connectivity index (χ2n) is 7.97. The lowest BCUT2D eigenvalue weighted by molar-refractivity contribution is 0.0206. The van der Waals surface area contributed by atoms with E-state index in [0.717, 1.165) is 12.8 Å². The van der Waals surface area contributed by atoms with Gasteiger partial charge in [-0.15, -0.1) is 0 Å². The van der Waals surface area contributed by atoms with E-state index in [1.807, 2.05) is 36.4 Å². The quantitative estimate of drug-likeness (QED) is 0.472. The van der Waals surface area contributed by atoms with E-state index in [9.17, 15) is 9.90 Å². The van der Waals surface area contributed by atoms with Crippen LogP contribution in [0.2, 0.25) is 0 Å². The predicted octanol–water partition coefficient (Wildman–Crippen LogP) is 6.39. The van der Waals surface area contributed by atoms with Gasteiger partial charge >= 0.3 is 6.16 Å². The summed E-state index contributed by atoms with van der Waals surface area (Å²) in [6.07, 6.45) is 1.34. The molecule has 0 heterocycles. The monoisotopic (exact) mass is 370 g/mol. The van der Waals surface area contributed by atoms with Crippen molar-refractivity contribution in [1.29, 1.82) is 0 Å². The van der Waals surface area contributed by atoms with Crippen molar-refractivity contribution in [3.63, 3.8) is 0 Å². The Labute approximate surface area is 162 Å². The minimum Gasteiger partial charge on any atom is -0.508 e. The van der Waals surface area contributed by atoms with E-state index in [1.165, 1.54) is 11.1 Å². The maximum atomic E-state index is 11.8. The molecular weight excluding hydrogens is 340 g/mol. The Balaban J connectivity index is 2.00. The van der Waals surface area contributed by atoms with E-state index in [2.05, 4.69) is 13.8 Å². The summed E-state index contributed by atoms with van der Waals surface area (Å²) in [6.45, 7) is 9.80. The molecule has 4 nitrogen and oxygen atoms in total. The normalized spacial score (nSPS) is 13.7. The Kier molecular flexibility index (Phi) is 6.89. The van der Waals surface area contributed by atoms with Gasteiger partial charge in [0.25, 0.3) is 0 Å². The van der Waals surface area contributed by atoms with Gasteiger partial charge in [0.05, 0.1) is 0 Å². The summed E-state index contributed by atoms with van der Waals surface area (Å²) in [5.41, 5.74) is 1.87. The second-order valence-corrected chi connectivity index (χ2v) is 7.97. The van der Waals surface area contributed by atoms with Crippen molar-refractivity contribution in [3.05, 3.63) is 59.7 Å². The van der Waals surface area contributed by atoms with Crippen molar-refractivity contribution >= 4 is 6.16 Å². The first-order chi connectivity index (χ1) is 12.7. The van der Waals surface area contributed by atoms with E-state index < -0.39 is 11.8 Å². The highest BCUT2D eigenvalue weighted by molar-refractivity contribution is 5.64. The van der Waals surface area contributed by atoms with Crippen LogP contribution >= 0.6 is 0 Å². The number of benzene rings is 2. The molecule has 2 unspecified atom stereocenters. The summed E-state index contributed by atoms with van der Waals surface area (Å²) in [7, 11) is 0. The van der Waals surface area contributed by atoms with Crippen LogP contribution in [-0.2, 0) is 4.74 Å². The van der Waals surface area contributed by atoms with Crippen LogP contribution in [0.5, 0.6) is 11.5 Å².